The largest absolute Gasteiger partial charge is 0.495 e. The van der Waals surface area contributed by atoms with E-state index in [4.69, 9.17) is 4.74 Å². The van der Waals surface area contributed by atoms with E-state index in [9.17, 15) is 0 Å². The van der Waals surface area contributed by atoms with Gasteiger partial charge in [0.05, 0.1) is 12.8 Å². The Hall–Kier alpha value is -2.16. The third-order valence-electron chi connectivity index (χ3n) is 3.79. The summed E-state index contributed by atoms with van der Waals surface area (Å²) < 4.78 is 5.48. The molecular formula is C17H20N2O. The van der Waals surface area contributed by atoms with Crippen molar-refractivity contribution >= 4 is 11.4 Å². The van der Waals surface area contributed by atoms with E-state index >= 15 is 0 Å². The van der Waals surface area contributed by atoms with Gasteiger partial charge in [-0.3, -0.25) is 0 Å². The lowest BCUT2D eigenvalue weighted by molar-refractivity contribution is 0.414. The highest BCUT2D eigenvalue weighted by Gasteiger charge is 2.14. The molecule has 0 unspecified atom stereocenters. The van der Waals surface area contributed by atoms with Gasteiger partial charge in [0.15, 0.2) is 0 Å². The van der Waals surface area contributed by atoms with Crippen molar-refractivity contribution in [3.63, 3.8) is 0 Å². The van der Waals surface area contributed by atoms with Gasteiger partial charge in [0.25, 0.3) is 0 Å². The summed E-state index contributed by atoms with van der Waals surface area (Å²) in [7, 11) is 1.73. The first kappa shape index (κ1) is 12.9. The monoisotopic (exact) mass is 268 g/mol. The molecule has 2 aromatic carbocycles. The Morgan fingerprint density at radius 3 is 2.70 bits per heavy atom. The second-order valence-electron chi connectivity index (χ2n) is 4.99. The lowest BCUT2D eigenvalue weighted by Crippen LogP contribution is -2.33. The number of rotatable bonds is 2. The lowest BCUT2D eigenvalue weighted by atomic mass is 10.1. The predicted octanol–water partition coefficient (Wildman–Crippen LogP) is 3.17. The van der Waals surface area contributed by atoms with Crippen molar-refractivity contribution in [2.24, 2.45) is 0 Å². The van der Waals surface area contributed by atoms with E-state index in [0.717, 1.165) is 31.8 Å². The number of nitrogens with one attached hydrogen (secondary N) is 1. The zero-order valence-corrected chi connectivity index (χ0v) is 11.8. The molecule has 0 atom stereocenters. The molecule has 1 aliphatic rings. The maximum Gasteiger partial charge on any atom is 0.142 e. The molecule has 0 amide bonds. The van der Waals surface area contributed by atoms with Crippen molar-refractivity contribution in [2.45, 2.75) is 6.42 Å². The number of anilines is 2. The average molecular weight is 268 g/mol. The Kier molecular flexibility index (Phi) is 3.77. The molecule has 3 nitrogen and oxygen atoms in total. The third-order valence-corrected chi connectivity index (χ3v) is 3.79. The summed E-state index contributed by atoms with van der Waals surface area (Å²) in [5.74, 6) is 0.946. The van der Waals surface area contributed by atoms with E-state index in [-0.39, 0.29) is 0 Å². The fraction of sp³-hybridized carbons (Fsp3) is 0.294. The van der Waals surface area contributed by atoms with Gasteiger partial charge in [0.2, 0.25) is 0 Å². The first-order valence-electron chi connectivity index (χ1n) is 7.08. The van der Waals surface area contributed by atoms with Crippen LogP contribution in [0.5, 0.6) is 5.75 Å². The van der Waals surface area contributed by atoms with Gasteiger partial charge in [-0.25, -0.2) is 0 Å². The summed E-state index contributed by atoms with van der Waals surface area (Å²) in [6.45, 7) is 2.93. The topological polar surface area (TPSA) is 24.5 Å². The zero-order valence-electron chi connectivity index (χ0n) is 11.8. The van der Waals surface area contributed by atoms with E-state index in [1.54, 1.807) is 7.11 Å². The Balaban J connectivity index is 1.83. The van der Waals surface area contributed by atoms with Gasteiger partial charge in [-0.1, -0.05) is 30.3 Å². The van der Waals surface area contributed by atoms with Crippen molar-refractivity contribution < 1.29 is 4.74 Å². The average Bonchev–Trinajstić information content (AvgIpc) is 2.48. The van der Waals surface area contributed by atoms with Crippen LogP contribution in [-0.4, -0.2) is 26.7 Å². The van der Waals surface area contributed by atoms with Crippen LogP contribution in [0.25, 0.3) is 0 Å². The summed E-state index contributed by atoms with van der Waals surface area (Å²) in [4.78, 5) is 2.39. The van der Waals surface area contributed by atoms with Crippen LogP contribution >= 0.6 is 0 Å². The quantitative estimate of drug-likeness (QED) is 0.905. The van der Waals surface area contributed by atoms with Gasteiger partial charge >= 0.3 is 0 Å². The van der Waals surface area contributed by atoms with Crippen LogP contribution < -0.4 is 15.0 Å². The molecule has 3 heteroatoms. The second-order valence-corrected chi connectivity index (χ2v) is 4.99. The van der Waals surface area contributed by atoms with Crippen LogP contribution in [0, 0.1) is 0 Å². The maximum atomic E-state index is 5.48. The van der Waals surface area contributed by atoms with Crippen LogP contribution in [0.15, 0.2) is 48.5 Å². The number of hydrogen-bond donors (Lipinski definition) is 1. The fourth-order valence-electron chi connectivity index (χ4n) is 2.74. The number of hydrogen-bond acceptors (Lipinski definition) is 3. The van der Waals surface area contributed by atoms with Crippen LogP contribution in [0.1, 0.15) is 5.56 Å². The van der Waals surface area contributed by atoms with Crippen molar-refractivity contribution in [1.29, 1.82) is 0 Å². The molecule has 1 heterocycles. The summed E-state index contributed by atoms with van der Waals surface area (Å²) in [5, 5.41) is 3.52. The third kappa shape index (κ3) is 2.57. The predicted molar refractivity (Wildman–Crippen MR) is 83.8 cm³/mol. The molecule has 0 saturated carbocycles. The van der Waals surface area contributed by atoms with Gasteiger partial charge in [0, 0.05) is 25.3 Å². The van der Waals surface area contributed by atoms with Crippen molar-refractivity contribution in [1.82, 2.24) is 0 Å². The minimum Gasteiger partial charge on any atom is -0.495 e. The van der Waals surface area contributed by atoms with E-state index in [1.165, 1.54) is 16.9 Å². The highest BCUT2D eigenvalue weighted by atomic mass is 16.5. The molecule has 0 bridgehead atoms. The Bertz CT molecular complexity index is 583. The molecule has 20 heavy (non-hydrogen) atoms. The van der Waals surface area contributed by atoms with E-state index < -0.39 is 0 Å². The van der Waals surface area contributed by atoms with Gasteiger partial charge < -0.3 is 15.0 Å². The molecule has 0 radical (unpaired) electrons. The fourth-order valence-corrected chi connectivity index (χ4v) is 2.74. The minimum atomic E-state index is 0.940. The molecule has 0 saturated heterocycles. The van der Waals surface area contributed by atoms with Crippen molar-refractivity contribution in [2.75, 3.05) is 37.0 Å². The summed E-state index contributed by atoms with van der Waals surface area (Å²) >= 11 is 0. The molecule has 0 aromatic heterocycles. The molecule has 0 fully saturated rings. The Morgan fingerprint density at radius 2 is 1.80 bits per heavy atom. The number of fused-ring (bicyclic) bond motifs is 1. The Labute approximate surface area is 120 Å². The van der Waals surface area contributed by atoms with Gasteiger partial charge in [-0.2, -0.15) is 0 Å². The molecule has 2 aromatic rings. The van der Waals surface area contributed by atoms with Gasteiger partial charge in [-0.15, -0.1) is 0 Å². The molecular weight excluding hydrogens is 248 g/mol. The first-order valence-corrected chi connectivity index (χ1v) is 7.08. The minimum absolute atomic E-state index is 0.940. The normalized spacial score (nSPS) is 14.8. The molecule has 0 spiro atoms. The number of benzene rings is 2. The van der Waals surface area contributed by atoms with Crippen LogP contribution in [0.2, 0.25) is 0 Å². The molecule has 3 rings (SSSR count). The molecule has 0 aliphatic carbocycles. The zero-order chi connectivity index (χ0) is 13.8. The van der Waals surface area contributed by atoms with E-state index in [2.05, 4.69) is 46.6 Å². The van der Waals surface area contributed by atoms with Crippen LogP contribution in [0.4, 0.5) is 11.4 Å². The summed E-state index contributed by atoms with van der Waals surface area (Å²) in [6, 6.07) is 16.8. The van der Waals surface area contributed by atoms with Gasteiger partial charge in [0.1, 0.15) is 5.75 Å². The number of nitrogens with zero attached hydrogens (tertiary/aromatic N) is 1. The second kappa shape index (κ2) is 5.87. The number of para-hydroxylation sites is 3. The smallest absolute Gasteiger partial charge is 0.142 e. The van der Waals surface area contributed by atoms with Crippen LogP contribution in [-0.2, 0) is 6.42 Å². The van der Waals surface area contributed by atoms with Crippen molar-refractivity contribution in [3.8, 4) is 5.75 Å². The summed E-state index contributed by atoms with van der Waals surface area (Å²) in [6.07, 6.45) is 1.04. The maximum absolute atomic E-state index is 5.48. The molecule has 1 aliphatic heterocycles. The highest BCUT2D eigenvalue weighted by Crippen LogP contribution is 2.29. The van der Waals surface area contributed by atoms with E-state index in [1.807, 2.05) is 12.1 Å². The summed E-state index contributed by atoms with van der Waals surface area (Å²) in [5.41, 5.74) is 3.83. The SMILES string of the molecule is COc1ccccc1N1CCNc2ccccc2CC1. The number of ether oxygens (including phenoxy) is 1. The van der Waals surface area contributed by atoms with E-state index in [0.29, 0.717) is 0 Å². The number of methoxy groups -OCH3 is 1. The lowest BCUT2D eigenvalue weighted by Gasteiger charge is -2.29. The molecule has 104 valence electrons. The standard InChI is InChI=1S/C17H20N2O/c1-20-17-9-5-4-8-16(17)19-12-10-14-6-2-3-7-15(14)18-11-13-19/h2-9,18H,10-13H2,1H3. The first-order chi connectivity index (χ1) is 9.88. The van der Waals surface area contributed by atoms with Crippen molar-refractivity contribution in [3.05, 3.63) is 54.1 Å². The Morgan fingerprint density at radius 1 is 1.00 bits per heavy atom. The van der Waals surface area contributed by atoms with Gasteiger partial charge in [-0.05, 0) is 30.2 Å². The van der Waals surface area contributed by atoms with Crippen LogP contribution in [0.3, 0.4) is 0 Å². The highest BCUT2D eigenvalue weighted by molar-refractivity contribution is 5.60. The molecule has 1 N–H and O–H groups in total.